The van der Waals surface area contributed by atoms with Crippen molar-refractivity contribution in [1.29, 1.82) is 0 Å². The Labute approximate surface area is 160 Å². The second-order valence-electron chi connectivity index (χ2n) is 6.48. The number of benzene rings is 2. The SMILES string of the molecule is CCN(CC)c1ccc(C(=O)NC(C)c2ccc(-n3ccnc3)cc2)cc1. The summed E-state index contributed by atoms with van der Waals surface area (Å²) in [4.78, 5) is 18.9. The molecule has 1 unspecified atom stereocenters. The van der Waals surface area contributed by atoms with E-state index in [1.165, 1.54) is 0 Å². The minimum atomic E-state index is -0.0724. The Morgan fingerprint density at radius 3 is 2.30 bits per heavy atom. The molecule has 140 valence electrons. The van der Waals surface area contributed by atoms with E-state index in [9.17, 15) is 4.79 Å². The Morgan fingerprint density at radius 1 is 1.07 bits per heavy atom. The van der Waals surface area contributed by atoms with Crippen LogP contribution in [0.4, 0.5) is 5.69 Å². The zero-order chi connectivity index (χ0) is 19.2. The van der Waals surface area contributed by atoms with Crippen molar-refractivity contribution in [2.45, 2.75) is 26.8 Å². The van der Waals surface area contributed by atoms with Crippen molar-refractivity contribution in [1.82, 2.24) is 14.9 Å². The number of carbonyl (C=O) groups excluding carboxylic acids is 1. The van der Waals surface area contributed by atoms with Crippen LogP contribution in [0.15, 0.2) is 67.3 Å². The number of rotatable bonds is 7. The van der Waals surface area contributed by atoms with E-state index in [1.807, 2.05) is 66.2 Å². The molecule has 3 rings (SSSR count). The number of aromatic nitrogens is 2. The first-order chi connectivity index (χ1) is 13.1. The summed E-state index contributed by atoms with van der Waals surface area (Å²) in [6.45, 7) is 8.16. The van der Waals surface area contributed by atoms with Crippen molar-refractivity contribution in [2.24, 2.45) is 0 Å². The summed E-state index contributed by atoms with van der Waals surface area (Å²) in [6.07, 6.45) is 5.42. The molecule has 0 saturated heterocycles. The van der Waals surface area contributed by atoms with E-state index in [-0.39, 0.29) is 11.9 Å². The molecule has 0 bridgehead atoms. The van der Waals surface area contributed by atoms with Crippen LogP contribution < -0.4 is 10.2 Å². The van der Waals surface area contributed by atoms with E-state index in [0.717, 1.165) is 30.0 Å². The minimum absolute atomic E-state index is 0.0627. The standard InChI is InChI=1S/C22H26N4O/c1-4-25(5-2)20-12-8-19(9-13-20)22(27)24-17(3)18-6-10-21(11-7-18)26-15-14-23-16-26/h6-17H,4-5H2,1-3H3,(H,24,27). The van der Waals surface area contributed by atoms with Crippen LogP contribution in [0.25, 0.3) is 5.69 Å². The second kappa shape index (κ2) is 8.54. The molecule has 1 amide bonds. The fraction of sp³-hybridized carbons (Fsp3) is 0.273. The number of anilines is 1. The van der Waals surface area contributed by atoms with Crippen molar-refractivity contribution >= 4 is 11.6 Å². The molecule has 1 aromatic heterocycles. The molecule has 0 spiro atoms. The van der Waals surface area contributed by atoms with Gasteiger partial charge in [-0.3, -0.25) is 4.79 Å². The molecule has 5 nitrogen and oxygen atoms in total. The van der Waals surface area contributed by atoms with Gasteiger partial charge < -0.3 is 14.8 Å². The van der Waals surface area contributed by atoms with E-state index in [2.05, 4.69) is 29.0 Å². The predicted octanol–water partition coefficient (Wildman–Crippen LogP) is 4.21. The summed E-state index contributed by atoms with van der Waals surface area (Å²) >= 11 is 0. The van der Waals surface area contributed by atoms with Crippen LogP contribution in [0.3, 0.4) is 0 Å². The zero-order valence-corrected chi connectivity index (χ0v) is 16.1. The van der Waals surface area contributed by atoms with Gasteiger partial charge >= 0.3 is 0 Å². The average molecular weight is 362 g/mol. The fourth-order valence-corrected chi connectivity index (χ4v) is 3.12. The zero-order valence-electron chi connectivity index (χ0n) is 16.1. The largest absolute Gasteiger partial charge is 0.372 e. The Bertz CT molecular complexity index is 850. The number of hydrogen-bond donors (Lipinski definition) is 1. The van der Waals surface area contributed by atoms with Crippen molar-refractivity contribution < 1.29 is 4.79 Å². The van der Waals surface area contributed by atoms with E-state index >= 15 is 0 Å². The molecule has 0 aliphatic carbocycles. The van der Waals surface area contributed by atoms with Crippen LogP contribution in [-0.2, 0) is 0 Å². The van der Waals surface area contributed by atoms with Gasteiger partial charge in [-0.25, -0.2) is 4.98 Å². The maximum Gasteiger partial charge on any atom is 0.251 e. The van der Waals surface area contributed by atoms with Gasteiger partial charge in [0.15, 0.2) is 0 Å². The summed E-state index contributed by atoms with van der Waals surface area (Å²) in [7, 11) is 0. The third kappa shape index (κ3) is 4.37. The van der Waals surface area contributed by atoms with Crippen LogP contribution in [0.1, 0.15) is 42.7 Å². The number of hydrogen-bond acceptors (Lipinski definition) is 3. The monoisotopic (exact) mass is 362 g/mol. The van der Waals surface area contributed by atoms with Gasteiger partial charge in [0, 0.05) is 42.4 Å². The van der Waals surface area contributed by atoms with Gasteiger partial charge in [-0.1, -0.05) is 12.1 Å². The van der Waals surface area contributed by atoms with Gasteiger partial charge in [-0.05, 0) is 62.7 Å². The molecular weight excluding hydrogens is 336 g/mol. The highest BCUT2D eigenvalue weighted by molar-refractivity contribution is 5.94. The minimum Gasteiger partial charge on any atom is -0.372 e. The molecule has 0 radical (unpaired) electrons. The predicted molar refractivity (Wildman–Crippen MR) is 109 cm³/mol. The quantitative estimate of drug-likeness (QED) is 0.685. The van der Waals surface area contributed by atoms with Gasteiger partial charge in [0.05, 0.1) is 12.4 Å². The Balaban J connectivity index is 1.65. The molecule has 2 aromatic carbocycles. The summed E-state index contributed by atoms with van der Waals surface area (Å²) in [6, 6.07) is 15.8. The Kier molecular flexibility index (Phi) is 5.91. The van der Waals surface area contributed by atoms with Crippen LogP contribution in [0.5, 0.6) is 0 Å². The van der Waals surface area contributed by atoms with Crippen molar-refractivity contribution in [2.75, 3.05) is 18.0 Å². The molecular formula is C22H26N4O. The van der Waals surface area contributed by atoms with E-state index in [0.29, 0.717) is 5.56 Å². The average Bonchev–Trinajstić information content (AvgIpc) is 3.24. The number of nitrogens with one attached hydrogen (secondary N) is 1. The van der Waals surface area contributed by atoms with E-state index < -0.39 is 0 Å². The normalized spacial score (nSPS) is 11.8. The highest BCUT2D eigenvalue weighted by Gasteiger charge is 2.12. The third-order valence-electron chi connectivity index (χ3n) is 4.80. The Morgan fingerprint density at radius 2 is 1.74 bits per heavy atom. The molecule has 3 aromatic rings. The summed E-state index contributed by atoms with van der Waals surface area (Å²) < 4.78 is 1.95. The number of carbonyl (C=O) groups is 1. The molecule has 5 heteroatoms. The maximum absolute atomic E-state index is 12.6. The highest BCUT2D eigenvalue weighted by atomic mass is 16.1. The molecule has 0 fully saturated rings. The number of imidazole rings is 1. The van der Waals surface area contributed by atoms with Gasteiger partial charge in [0.25, 0.3) is 5.91 Å². The molecule has 27 heavy (non-hydrogen) atoms. The van der Waals surface area contributed by atoms with Gasteiger partial charge in [-0.15, -0.1) is 0 Å². The van der Waals surface area contributed by atoms with Crippen LogP contribution in [0, 0.1) is 0 Å². The lowest BCUT2D eigenvalue weighted by Gasteiger charge is -2.21. The van der Waals surface area contributed by atoms with E-state index in [4.69, 9.17) is 0 Å². The first-order valence-electron chi connectivity index (χ1n) is 9.36. The highest BCUT2D eigenvalue weighted by Crippen LogP contribution is 2.18. The van der Waals surface area contributed by atoms with Gasteiger partial charge in [0.1, 0.15) is 0 Å². The van der Waals surface area contributed by atoms with Crippen LogP contribution in [-0.4, -0.2) is 28.5 Å². The third-order valence-corrected chi connectivity index (χ3v) is 4.80. The molecule has 1 N–H and O–H groups in total. The number of amides is 1. The molecule has 1 atom stereocenters. The Hall–Kier alpha value is -3.08. The lowest BCUT2D eigenvalue weighted by atomic mass is 10.1. The van der Waals surface area contributed by atoms with Crippen molar-refractivity contribution in [3.63, 3.8) is 0 Å². The smallest absolute Gasteiger partial charge is 0.251 e. The second-order valence-corrected chi connectivity index (χ2v) is 6.48. The topological polar surface area (TPSA) is 50.2 Å². The van der Waals surface area contributed by atoms with Crippen molar-refractivity contribution in [3.8, 4) is 5.69 Å². The molecule has 0 aliphatic heterocycles. The summed E-state index contributed by atoms with van der Waals surface area (Å²) in [5, 5.41) is 3.07. The molecule has 0 saturated carbocycles. The number of nitrogens with zero attached hydrogens (tertiary/aromatic N) is 3. The van der Waals surface area contributed by atoms with Crippen LogP contribution in [0.2, 0.25) is 0 Å². The molecule has 0 aliphatic rings. The summed E-state index contributed by atoms with van der Waals surface area (Å²) in [5.41, 5.74) is 3.92. The maximum atomic E-state index is 12.6. The molecule has 1 heterocycles. The first-order valence-corrected chi connectivity index (χ1v) is 9.36. The van der Waals surface area contributed by atoms with Crippen molar-refractivity contribution in [3.05, 3.63) is 78.4 Å². The van der Waals surface area contributed by atoms with Gasteiger partial charge in [0.2, 0.25) is 0 Å². The fourth-order valence-electron chi connectivity index (χ4n) is 3.12. The lowest BCUT2D eigenvalue weighted by Crippen LogP contribution is -2.27. The van der Waals surface area contributed by atoms with E-state index in [1.54, 1.807) is 12.5 Å². The lowest BCUT2D eigenvalue weighted by molar-refractivity contribution is 0.0940. The summed E-state index contributed by atoms with van der Waals surface area (Å²) in [5.74, 6) is -0.0627. The first kappa shape index (κ1) is 18.7. The van der Waals surface area contributed by atoms with Gasteiger partial charge in [-0.2, -0.15) is 0 Å². The van der Waals surface area contributed by atoms with Crippen LogP contribution >= 0.6 is 0 Å².